The van der Waals surface area contributed by atoms with E-state index in [2.05, 4.69) is 130 Å². The molecule has 0 atom stereocenters. The molecule has 0 saturated heterocycles. The van der Waals surface area contributed by atoms with Gasteiger partial charge in [-0.05, 0) is 70.4 Å². The van der Waals surface area contributed by atoms with Crippen LogP contribution in [0.15, 0.2) is 146 Å². The van der Waals surface area contributed by atoms with Crippen molar-refractivity contribution >= 4 is 82.0 Å². The molecule has 4 heteroatoms. The summed E-state index contributed by atoms with van der Waals surface area (Å²) in [7, 11) is 0. The lowest BCUT2D eigenvalue weighted by Crippen LogP contribution is -1.93. The predicted molar refractivity (Wildman–Crippen MR) is 191 cm³/mol. The Morgan fingerprint density at radius 3 is 2.11 bits per heavy atom. The van der Waals surface area contributed by atoms with E-state index in [-0.39, 0.29) is 0 Å². The highest BCUT2D eigenvalue weighted by Crippen LogP contribution is 2.44. The topological polar surface area (TPSA) is 35.1 Å². The van der Waals surface area contributed by atoms with Gasteiger partial charge in [-0.3, -0.25) is 4.40 Å². The molecule has 11 aromatic rings. The summed E-state index contributed by atoms with van der Waals surface area (Å²) in [5.41, 5.74) is 12.0. The van der Waals surface area contributed by atoms with Gasteiger partial charge in [-0.15, -0.1) is 0 Å². The van der Waals surface area contributed by atoms with Crippen LogP contribution in [0, 0.1) is 0 Å². The van der Waals surface area contributed by atoms with Crippen LogP contribution < -0.4 is 0 Å². The Bertz CT molecular complexity index is 3020. The largest absolute Gasteiger partial charge is 0.309 e. The first-order chi connectivity index (χ1) is 22.8. The van der Waals surface area contributed by atoms with Crippen molar-refractivity contribution < 1.29 is 0 Å². The lowest BCUT2D eigenvalue weighted by molar-refractivity contribution is 1.18. The lowest BCUT2D eigenvalue weighted by Gasteiger charge is -2.09. The van der Waals surface area contributed by atoms with Gasteiger partial charge in [-0.2, -0.15) is 0 Å². The van der Waals surface area contributed by atoms with E-state index >= 15 is 0 Å². The number of nitrogens with zero attached hydrogens (tertiary/aromatic N) is 4. The maximum atomic E-state index is 5.15. The van der Waals surface area contributed by atoms with Crippen LogP contribution in [0.3, 0.4) is 0 Å². The van der Waals surface area contributed by atoms with Crippen LogP contribution in [0.2, 0.25) is 0 Å². The van der Waals surface area contributed by atoms with Crippen molar-refractivity contribution in [2.75, 3.05) is 0 Å². The van der Waals surface area contributed by atoms with E-state index in [1.165, 1.54) is 60.0 Å². The molecule has 0 spiro atoms. The number of hydrogen-bond donors (Lipinski definition) is 0. The minimum atomic E-state index is 0.907. The van der Waals surface area contributed by atoms with Gasteiger partial charge >= 0.3 is 0 Å². The predicted octanol–water partition coefficient (Wildman–Crippen LogP) is 10.7. The molecule has 0 aliphatic carbocycles. The molecule has 0 bridgehead atoms. The monoisotopic (exact) mass is 584 g/mol. The summed E-state index contributed by atoms with van der Waals surface area (Å²) < 4.78 is 4.73. The molecule has 0 fully saturated rings. The molecule has 46 heavy (non-hydrogen) atoms. The Morgan fingerprint density at radius 2 is 1.20 bits per heavy atom. The van der Waals surface area contributed by atoms with Gasteiger partial charge in [0.1, 0.15) is 5.52 Å². The van der Waals surface area contributed by atoms with Crippen LogP contribution >= 0.6 is 0 Å². The smallest absolute Gasteiger partial charge is 0.165 e. The summed E-state index contributed by atoms with van der Waals surface area (Å²) in [5, 5.41) is 8.67. The summed E-state index contributed by atoms with van der Waals surface area (Å²) in [5.74, 6) is 0. The zero-order chi connectivity index (χ0) is 29.9. The molecule has 11 rings (SSSR count). The van der Waals surface area contributed by atoms with Crippen LogP contribution in [0.5, 0.6) is 0 Å². The average molecular weight is 585 g/mol. The van der Waals surface area contributed by atoms with Gasteiger partial charge in [0.2, 0.25) is 0 Å². The number of para-hydroxylation sites is 4. The quantitative estimate of drug-likeness (QED) is 0.203. The van der Waals surface area contributed by atoms with Gasteiger partial charge in [-0.25, -0.2) is 9.97 Å². The molecule has 0 amide bonds. The van der Waals surface area contributed by atoms with Gasteiger partial charge < -0.3 is 4.57 Å². The summed E-state index contributed by atoms with van der Waals surface area (Å²) >= 11 is 0. The van der Waals surface area contributed by atoms with Crippen molar-refractivity contribution in [1.82, 2.24) is 18.9 Å². The number of benzene rings is 7. The fourth-order valence-corrected chi connectivity index (χ4v) is 7.91. The fourth-order valence-electron chi connectivity index (χ4n) is 7.91. The molecule has 0 saturated carbocycles. The minimum absolute atomic E-state index is 0.907. The number of aromatic nitrogens is 4. The Morgan fingerprint density at radius 1 is 0.457 bits per heavy atom. The minimum Gasteiger partial charge on any atom is -0.309 e. The highest BCUT2D eigenvalue weighted by molar-refractivity contribution is 6.26. The maximum Gasteiger partial charge on any atom is 0.165 e. The lowest BCUT2D eigenvalue weighted by atomic mass is 9.96. The average Bonchev–Trinajstić information content (AvgIpc) is 3.75. The van der Waals surface area contributed by atoms with Crippen molar-refractivity contribution in [3.63, 3.8) is 0 Å². The van der Waals surface area contributed by atoms with Gasteiger partial charge in [0.15, 0.2) is 5.65 Å². The normalized spacial score (nSPS) is 12.3. The Balaban J connectivity index is 1.26. The van der Waals surface area contributed by atoms with E-state index in [0.717, 1.165) is 38.8 Å². The van der Waals surface area contributed by atoms with Crippen LogP contribution in [-0.2, 0) is 0 Å². The van der Waals surface area contributed by atoms with E-state index < -0.39 is 0 Å². The third kappa shape index (κ3) is 3.03. The third-order valence-corrected chi connectivity index (χ3v) is 9.81. The molecule has 0 unspecified atom stereocenters. The van der Waals surface area contributed by atoms with Gasteiger partial charge in [0.25, 0.3) is 0 Å². The standard InChI is InChI=1S/C42H24N4/c1-2-11-27(12-3-1)45-35-22-21-26(24-32(35)39-28-13-5-4-10-25(28)20-23-37(39)45)29-14-9-19-36-38(29)30-15-8-16-31-40-42(46(36)41(30)31)44-34-18-7-6-17-33(34)43-40/h1-24H. The molecule has 0 aliphatic heterocycles. The summed E-state index contributed by atoms with van der Waals surface area (Å²) in [4.78, 5) is 10.2. The Labute approximate surface area is 262 Å². The van der Waals surface area contributed by atoms with Crippen molar-refractivity contribution in [2.45, 2.75) is 0 Å². The Hall–Kier alpha value is -6.26. The van der Waals surface area contributed by atoms with Crippen LogP contribution in [0.1, 0.15) is 0 Å². The molecule has 4 heterocycles. The number of rotatable bonds is 2. The second-order valence-electron chi connectivity index (χ2n) is 12.2. The van der Waals surface area contributed by atoms with Crippen molar-refractivity contribution in [3.05, 3.63) is 146 Å². The highest BCUT2D eigenvalue weighted by Gasteiger charge is 2.22. The first-order valence-electron chi connectivity index (χ1n) is 15.7. The summed E-state index contributed by atoms with van der Waals surface area (Å²) in [6.07, 6.45) is 0. The second-order valence-corrected chi connectivity index (χ2v) is 12.2. The summed E-state index contributed by atoms with van der Waals surface area (Å²) in [6.45, 7) is 0. The zero-order valence-corrected chi connectivity index (χ0v) is 24.6. The molecular formula is C42H24N4. The molecule has 0 radical (unpaired) electrons. The molecule has 7 aromatic carbocycles. The van der Waals surface area contributed by atoms with Gasteiger partial charge in [-0.1, -0.05) is 97.1 Å². The third-order valence-electron chi connectivity index (χ3n) is 9.81. The van der Waals surface area contributed by atoms with Crippen LogP contribution in [0.25, 0.3) is 98.8 Å². The van der Waals surface area contributed by atoms with Crippen LogP contribution in [0.4, 0.5) is 0 Å². The zero-order valence-electron chi connectivity index (χ0n) is 24.6. The van der Waals surface area contributed by atoms with E-state index in [1.807, 2.05) is 24.3 Å². The first kappa shape index (κ1) is 24.1. The van der Waals surface area contributed by atoms with Crippen molar-refractivity contribution in [2.24, 2.45) is 0 Å². The van der Waals surface area contributed by atoms with Gasteiger partial charge in [0, 0.05) is 32.6 Å². The molecular weight excluding hydrogens is 560 g/mol. The maximum absolute atomic E-state index is 5.15. The first-order valence-corrected chi connectivity index (χ1v) is 15.7. The number of hydrogen-bond acceptors (Lipinski definition) is 2. The summed E-state index contributed by atoms with van der Waals surface area (Å²) in [6, 6.07) is 52.3. The molecule has 0 aliphatic rings. The highest BCUT2D eigenvalue weighted by atomic mass is 15.0. The van der Waals surface area contributed by atoms with E-state index in [4.69, 9.17) is 9.97 Å². The van der Waals surface area contributed by atoms with Crippen molar-refractivity contribution in [1.29, 1.82) is 0 Å². The molecule has 4 aromatic heterocycles. The molecule has 4 nitrogen and oxygen atoms in total. The van der Waals surface area contributed by atoms with E-state index in [1.54, 1.807) is 0 Å². The van der Waals surface area contributed by atoms with E-state index in [0.29, 0.717) is 0 Å². The van der Waals surface area contributed by atoms with Crippen LogP contribution in [-0.4, -0.2) is 18.9 Å². The Kier molecular flexibility index (Phi) is 4.55. The van der Waals surface area contributed by atoms with E-state index in [9.17, 15) is 0 Å². The SMILES string of the molecule is c1ccc(-n2c3ccc(-c4cccc5c4c4cccc6c7nc8ccccc8nc7n5c64)cc3c3c4ccccc4ccc32)cc1. The second kappa shape index (κ2) is 8.68. The van der Waals surface area contributed by atoms with Gasteiger partial charge in [0.05, 0.1) is 33.1 Å². The van der Waals surface area contributed by atoms with Crippen molar-refractivity contribution in [3.8, 4) is 16.8 Å². The molecule has 0 N–H and O–H groups in total. The molecule has 212 valence electrons. The fraction of sp³-hybridized carbons (Fsp3) is 0. The number of fused-ring (bicyclic) bond motifs is 12.